The highest BCUT2D eigenvalue weighted by Gasteiger charge is 2.18. The van der Waals surface area contributed by atoms with Crippen LogP contribution in [0.15, 0.2) is 54.9 Å². The molecule has 0 saturated carbocycles. The fourth-order valence-corrected chi connectivity index (χ4v) is 4.09. The monoisotopic (exact) mass is 434 g/mol. The number of carboxylic acid groups (broad SMARTS) is 1. The number of rotatable bonds is 8. The zero-order valence-corrected chi connectivity index (χ0v) is 18.9. The number of hydrogen-bond acceptors (Lipinski definition) is 4. The van der Waals surface area contributed by atoms with Crippen molar-refractivity contribution in [1.29, 1.82) is 0 Å². The van der Waals surface area contributed by atoms with E-state index in [0.717, 1.165) is 22.6 Å². The first kappa shape index (κ1) is 21.0. The summed E-state index contributed by atoms with van der Waals surface area (Å²) in [5, 5.41) is 14.9. The van der Waals surface area contributed by atoms with E-state index in [4.69, 9.17) is 9.84 Å². The van der Waals surface area contributed by atoms with Crippen LogP contribution in [-0.4, -0.2) is 45.5 Å². The molecule has 7 nitrogen and oxygen atoms in total. The highest BCUT2D eigenvalue weighted by Crippen LogP contribution is 2.31. The van der Waals surface area contributed by atoms with E-state index in [1.54, 1.807) is 16.9 Å². The summed E-state index contributed by atoms with van der Waals surface area (Å²) in [6.07, 6.45) is 3.50. The van der Waals surface area contributed by atoms with E-state index < -0.39 is 14.0 Å². The number of carbonyl (C=O) groups is 1. The molecule has 0 aliphatic carbocycles. The van der Waals surface area contributed by atoms with E-state index in [1.807, 2.05) is 42.6 Å². The number of carboxylic acids is 1. The zero-order valence-electron chi connectivity index (χ0n) is 17.9. The van der Waals surface area contributed by atoms with Crippen LogP contribution in [0.3, 0.4) is 0 Å². The summed E-state index contributed by atoms with van der Waals surface area (Å²) >= 11 is 0. The number of H-pyrrole nitrogens is 1. The maximum atomic E-state index is 11.3. The Kier molecular flexibility index (Phi) is 5.75. The standard InChI is InChI=1S/C23H26N4O3Si/c1-31(2,3)10-9-30-15-27-22-19(11-17(13-25-22)16-7-5-4-6-8-16)21(26-27)18-12-20(23(28)29)24-14-18/h4-8,11-14,24H,9-10,15H2,1-3H3,(H,28,29). The smallest absolute Gasteiger partial charge is 0.352 e. The molecular formula is C23H26N4O3Si. The third-order valence-electron chi connectivity index (χ3n) is 5.09. The van der Waals surface area contributed by atoms with E-state index in [1.165, 1.54) is 0 Å². The lowest BCUT2D eigenvalue weighted by atomic mass is 10.1. The predicted molar refractivity (Wildman–Crippen MR) is 124 cm³/mol. The maximum Gasteiger partial charge on any atom is 0.352 e. The van der Waals surface area contributed by atoms with Crippen LogP contribution in [0.5, 0.6) is 0 Å². The first-order valence-corrected chi connectivity index (χ1v) is 13.9. The molecule has 0 radical (unpaired) electrons. The van der Waals surface area contributed by atoms with Gasteiger partial charge in [-0.2, -0.15) is 5.10 Å². The summed E-state index contributed by atoms with van der Waals surface area (Å²) in [5.41, 5.74) is 4.25. The number of aromatic carboxylic acids is 1. The Balaban J connectivity index is 1.73. The number of benzene rings is 1. The van der Waals surface area contributed by atoms with Gasteiger partial charge in [-0.3, -0.25) is 0 Å². The van der Waals surface area contributed by atoms with Crippen LogP contribution in [-0.2, 0) is 11.5 Å². The Hall–Kier alpha value is -3.23. The number of pyridine rings is 1. The Morgan fingerprint density at radius 3 is 2.58 bits per heavy atom. The number of hydrogen-bond donors (Lipinski definition) is 2. The van der Waals surface area contributed by atoms with E-state index in [2.05, 4.69) is 29.6 Å². The molecule has 0 spiro atoms. The average Bonchev–Trinajstić information content (AvgIpc) is 3.36. The minimum atomic E-state index is -1.18. The van der Waals surface area contributed by atoms with Crippen LogP contribution in [0.25, 0.3) is 33.4 Å². The second-order valence-electron chi connectivity index (χ2n) is 8.76. The summed E-state index contributed by atoms with van der Waals surface area (Å²) in [6.45, 7) is 7.93. The van der Waals surface area contributed by atoms with E-state index >= 15 is 0 Å². The lowest BCUT2D eigenvalue weighted by Gasteiger charge is -2.15. The summed E-state index contributed by atoms with van der Waals surface area (Å²) in [7, 11) is -1.18. The molecule has 4 aromatic rings. The summed E-state index contributed by atoms with van der Waals surface area (Å²) in [5.74, 6) is -1.01. The molecule has 0 saturated heterocycles. The lowest BCUT2D eigenvalue weighted by Crippen LogP contribution is -2.22. The first-order chi connectivity index (χ1) is 14.8. The average molecular weight is 435 g/mol. The molecular weight excluding hydrogens is 408 g/mol. The number of ether oxygens (including phenoxy) is 1. The van der Waals surface area contributed by atoms with Crippen molar-refractivity contribution in [2.45, 2.75) is 32.4 Å². The molecule has 3 aromatic heterocycles. The Morgan fingerprint density at radius 2 is 1.90 bits per heavy atom. The van der Waals surface area contributed by atoms with Gasteiger partial charge in [-0.15, -0.1) is 0 Å². The number of fused-ring (bicyclic) bond motifs is 1. The van der Waals surface area contributed by atoms with Gasteiger partial charge in [0.1, 0.15) is 18.1 Å². The van der Waals surface area contributed by atoms with Crippen molar-refractivity contribution < 1.29 is 14.6 Å². The highest BCUT2D eigenvalue weighted by atomic mass is 28.3. The van der Waals surface area contributed by atoms with Crippen molar-refractivity contribution in [1.82, 2.24) is 19.7 Å². The Morgan fingerprint density at radius 1 is 1.13 bits per heavy atom. The van der Waals surface area contributed by atoms with Crippen molar-refractivity contribution in [3.05, 3.63) is 60.6 Å². The molecule has 0 aliphatic rings. The van der Waals surface area contributed by atoms with Crippen molar-refractivity contribution >= 4 is 25.1 Å². The molecule has 2 N–H and O–H groups in total. The van der Waals surface area contributed by atoms with Crippen molar-refractivity contribution in [3.63, 3.8) is 0 Å². The predicted octanol–water partition coefficient (Wildman–Crippen LogP) is 5.10. The lowest BCUT2D eigenvalue weighted by molar-refractivity contribution is 0.0691. The normalized spacial score (nSPS) is 11.8. The summed E-state index contributed by atoms with van der Waals surface area (Å²) < 4.78 is 7.65. The molecule has 0 bridgehead atoms. The molecule has 0 fully saturated rings. The first-order valence-electron chi connectivity index (χ1n) is 10.2. The van der Waals surface area contributed by atoms with E-state index in [9.17, 15) is 9.90 Å². The molecule has 4 rings (SSSR count). The quantitative estimate of drug-likeness (QED) is 0.297. The highest BCUT2D eigenvalue weighted by molar-refractivity contribution is 6.76. The van der Waals surface area contributed by atoms with Crippen LogP contribution in [0, 0.1) is 0 Å². The third kappa shape index (κ3) is 4.75. The van der Waals surface area contributed by atoms with Gasteiger partial charge in [-0.1, -0.05) is 50.0 Å². The van der Waals surface area contributed by atoms with Gasteiger partial charge in [0.15, 0.2) is 5.65 Å². The zero-order chi connectivity index (χ0) is 22.0. The van der Waals surface area contributed by atoms with Gasteiger partial charge in [0.2, 0.25) is 0 Å². The van der Waals surface area contributed by atoms with Crippen LogP contribution in [0.4, 0.5) is 0 Å². The fraction of sp³-hybridized carbons (Fsp3) is 0.261. The topological polar surface area (TPSA) is 93.0 Å². The summed E-state index contributed by atoms with van der Waals surface area (Å²) in [6, 6.07) is 14.7. The molecule has 3 heterocycles. The van der Waals surface area contributed by atoms with Gasteiger partial charge in [0, 0.05) is 43.6 Å². The van der Waals surface area contributed by atoms with Gasteiger partial charge in [-0.25, -0.2) is 14.5 Å². The Bertz CT molecular complexity index is 1210. The Labute approximate surface area is 181 Å². The largest absolute Gasteiger partial charge is 0.477 e. The van der Waals surface area contributed by atoms with Crippen molar-refractivity contribution in [3.8, 4) is 22.4 Å². The van der Waals surface area contributed by atoms with Crippen molar-refractivity contribution in [2.75, 3.05) is 6.61 Å². The SMILES string of the molecule is C[Si](C)(C)CCOCn1nc(-c2c[nH]c(C(=O)O)c2)c2cc(-c3ccccc3)cnc21. The van der Waals surface area contributed by atoms with Crippen LogP contribution >= 0.6 is 0 Å². The van der Waals surface area contributed by atoms with E-state index in [-0.39, 0.29) is 5.69 Å². The van der Waals surface area contributed by atoms with Crippen LogP contribution in [0.2, 0.25) is 25.7 Å². The second-order valence-corrected chi connectivity index (χ2v) is 14.4. The van der Waals surface area contributed by atoms with Gasteiger partial charge < -0.3 is 14.8 Å². The van der Waals surface area contributed by atoms with Crippen molar-refractivity contribution in [2.24, 2.45) is 0 Å². The molecule has 8 heteroatoms. The maximum absolute atomic E-state index is 11.3. The fourth-order valence-electron chi connectivity index (χ4n) is 3.34. The minimum Gasteiger partial charge on any atom is -0.477 e. The molecule has 0 atom stereocenters. The minimum absolute atomic E-state index is 0.122. The molecule has 0 unspecified atom stereocenters. The van der Waals surface area contributed by atoms with Gasteiger partial charge in [0.25, 0.3) is 0 Å². The molecule has 1 aromatic carbocycles. The molecule has 0 aliphatic heterocycles. The number of nitrogens with zero attached hydrogens (tertiary/aromatic N) is 3. The molecule has 160 valence electrons. The van der Waals surface area contributed by atoms with Crippen LogP contribution < -0.4 is 0 Å². The number of aromatic nitrogens is 4. The van der Waals surface area contributed by atoms with E-state index in [0.29, 0.717) is 30.2 Å². The second kappa shape index (κ2) is 8.48. The molecule has 0 amide bonds. The van der Waals surface area contributed by atoms with Gasteiger partial charge in [-0.05, 0) is 23.7 Å². The summed E-state index contributed by atoms with van der Waals surface area (Å²) in [4.78, 5) is 18.8. The number of aromatic amines is 1. The third-order valence-corrected chi connectivity index (χ3v) is 6.80. The molecule has 31 heavy (non-hydrogen) atoms. The van der Waals surface area contributed by atoms with Crippen LogP contribution in [0.1, 0.15) is 10.5 Å². The number of nitrogens with one attached hydrogen (secondary N) is 1. The van der Waals surface area contributed by atoms with Gasteiger partial charge >= 0.3 is 5.97 Å². The van der Waals surface area contributed by atoms with Gasteiger partial charge in [0.05, 0.1) is 0 Å².